The van der Waals surface area contributed by atoms with Crippen LogP contribution in [0.4, 0.5) is 11.6 Å². The fourth-order valence-corrected chi connectivity index (χ4v) is 1.98. The lowest BCUT2D eigenvalue weighted by atomic mass is 10.1. The maximum absolute atomic E-state index is 4.51. The molecule has 0 atom stereocenters. The van der Waals surface area contributed by atoms with Gasteiger partial charge in [0.1, 0.15) is 0 Å². The number of aryl methyl sites for hydroxylation is 1. The van der Waals surface area contributed by atoms with Gasteiger partial charge in [-0.3, -0.25) is 0 Å². The number of aromatic nitrogens is 2. The van der Waals surface area contributed by atoms with Gasteiger partial charge < -0.3 is 5.32 Å². The molecule has 0 amide bonds. The molecule has 0 saturated heterocycles. The van der Waals surface area contributed by atoms with E-state index in [0.717, 1.165) is 11.4 Å². The molecule has 1 saturated carbocycles. The molecular formula is C14H15N3. The summed E-state index contributed by atoms with van der Waals surface area (Å²) in [7, 11) is 0. The van der Waals surface area contributed by atoms with Gasteiger partial charge in [-0.1, -0.05) is 18.2 Å². The summed E-state index contributed by atoms with van der Waals surface area (Å²) in [6.45, 7) is 2.06. The van der Waals surface area contributed by atoms with E-state index in [1.807, 2.05) is 36.5 Å². The first kappa shape index (κ1) is 10.3. The number of hydrogen-bond donors (Lipinski definition) is 1. The minimum Gasteiger partial charge on any atom is -0.324 e. The molecule has 1 heterocycles. The average molecular weight is 225 g/mol. The van der Waals surface area contributed by atoms with Gasteiger partial charge in [0.25, 0.3) is 0 Å². The standard InChI is InChI=1S/C14H15N3/c1-10-13(11-7-8-11)9-15-14(16-10)17-12-5-3-2-4-6-12/h2-6,9,11H,7-8H2,1H3,(H,15,16,17). The number of nitrogens with one attached hydrogen (secondary N) is 1. The zero-order valence-electron chi connectivity index (χ0n) is 9.85. The van der Waals surface area contributed by atoms with Crippen molar-refractivity contribution in [3.8, 4) is 0 Å². The normalized spacial score (nSPS) is 14.6. The molecule has 0 spiro atoms. The van der Waals surface area contributed by atoms with Crippen molar-refractivity contribution in [1.29, 1.82) is 0 Å². The van der Waals surface area contributed by atoms with E-state index < -0.39 is 0 Å². The highest BCUT2D eigenvalue weighted by Crippen LogP contribution is 2.40. The monoisotopic (exact) mass is 225 g/mol. The SMILES string of the molecule is Cc1nc(Nc2ccccc2)ncc1C1CC1. The minimum absolute atomic E-state index is 0.679. The third kappa shape index (κ3) is 2.28. The van der Waals surface area contributed by atoms with Crippen molar-refractivity contribution in [2.24, 2.45) is 0 Å². The number of hydrogen-bond acceptors (Lipinski definition) is 3. The van der Waals surface area contributed by atoms with Crippen LogP contribution in [0.2, 0.25) is 0 Å². The van der Waals surface area contributed by atoms with Crippen LogP contribution in [-0.4, -0.2) is 9.97 Å². The van der Waals surface area contributed by atoms with Crippen LogP contribution < -0.4 is 5.32 Å². The van der Waals surface area contributed by atoms with E-state index in [9.17, 15) is 0 Å². The molecule has 1 aromatic heterocycles. The highest BCUT2D eigenvalue weighted by Gasteiger charge is 2.26. The maximum atomic E-state index is 4.51. The van der Waals surface area contributed by atoms with Crippen LogP contribution in [0.15, 0.2) is 36.5 Å². The van der Waals surface area contributed by atoms with Gasteiger partial charge in [0.05, 0.1) is 0 Å². The Labute approximate surface area is 101 Å². The quantitative estimate of drug-likeness (QED) is 0.869. The van der Waals surface area contributed by atoms with Crippen molar-refractivity contribution in [2.75, 3.05) is 5.32 Å². The van der Waals surface area contributed by atoms with E-state index in [-0.39, 0.29) is 0 Å². The second kappa shape index (κ2) is 4.17. The Bertz CT molecular complexity index is 518. The largest absolute Gasteiger partial charge is 0.324 e. The second-order valence-electron chi connectivity index (χ2n) is 4.50. The maximum Gasteiger partial charge on any atom is 0.227 e. The smallest absolute Gasteiger partial charge is 0.227 e. The van der Waals surface area contributed by atoms with Gasteiger partial charge in [0.2, 0.25) is 5.95 Å². The number of anilines is 2. The first-order valence-corrected chi connectivity index (χ1v) is 5.98. The highest BCUT2D eigenvalue weighted by molar-refractivity contribution is 5.52. The van der Waals surface area contributed by atoms with Crippen molar-refractivity contribution in [1.82, 2.24) is 9.97 Å². The lowest BCUT2D eigenvalue weighted by Gasteiger charge is -2.07. The van der Waals surface area contributed by atoms with Crippen molar-refractivity contribution in [3.05, 3.63) is 47.8 Å². The van der Waals surface area contributed by atoms with Crippen molar-refractivity contribution in [3.63, 3.8) is 0 Å². The van der Waals surface area contributed by atoms with Crippen LogP contribution in [0.25, 0.3) is 0 Å². The van der Waals surface area contributed by atoms with Gasteiger partial charge in [-0.05, 0) is 43.4 Å². The van der Waals surface area contributed by atoms with Crippen molar-refractivity contribution >= 4 is 11.6 Å². The van der Waals surface area contributed by atoms with Crippen LogP contribution >= 0.6 is 0 Å². The molecule has 0 aliphatic heterocycles. The molecule has 17 heavy (non-hydrogen) atoms. The van der Waals surface area contributed by atoms with E-state index in [1.54, 1.807) is 0 Å². The van der Waals surface area contributed by atoms with E-state index in [1.165, 1.54) is 18.4 Å². The third-order valence-corrected chi connectivity index (χ3v) is 3.06. The predicted molar refractivity (Wildman–Crippen MR) is 68.5 cm³/mol. The first-order chi connectivity index (χ1) is 8.33. The van der Waals surface area contributed by atoms with Crippen LogP contribution in [0.1, 0.15) is 30.0 Å². The summed E-state index contributed by atoms with van der Waals surface area (Å²) >= 11 is 0. The van der Waals surface area contributed by atoms with Crippen LogP contribution in [0, 0.1) is 6.92 Å². The van der Waals surface area contributed by atoms with E-state index in [2.05, 4.69) is 22.2 Å². The number of nitrogens with zero attached hydrogens (tertiary/aromatic N) is 2. The molecule has 3 rings (SSSR count). The number of para-hydroxylation sites is 1. The van der Waals surface area contributed by atoms with Gasteiger partial charge in [-0.2, -0.15) is 0 Å². The number of benzene rings is 1. The average Bonchev–Trinajstić information content (AvgIpc) is 3.15. The molecule has 86 valence electrons. The van der Waals surface area contributed by atoms with Crippen molar-refractivity contribution < 1.29 is 0 Å². The Morgan fingerprint density at radius 2 is 1.94 bits per heavy atom. The Morgan fingerprint density at radius 1 is 1.18 bits per heavy atom. The van der Waals surface area contributed by atoms with E-state index in [4.69, 9.17) is 0 Å². The van der Waals surface area contributed by atoms with Gasteiger partial charge in [-0.15, -0.1) is 0 Å². The molecule has 3 heteroatoms. The molecule has 0 radical (unpaired) electrons. The zero-order valence-corrected chi connectivity index (χ0v) is 9.85. The molecule has 1 aromatic carbocycles. The molecule has 0 unspecified atom stereocenters. The molecule has 1 N–H and O–H groups in total. The van der Waals surface area contributed by atoms with Gasteiger partial charge in [0, 0.05) is 17.6 Å². The van der Waals surface area contributed by atoms with Crippen LogP contribution in [0.3, 0.4) is 0 Å². The van der Waals surface area contributed by atoms with Crippen molar-refractivity contribution in [2.45, 2.75) is 25.7 Å². The lowest BCUT2D eigenvalue weighted by Crippen LogP contribution is -2.00. The third-order valence-electron chi connectivity index (χ3n) is 3.06. The first-order valence-electron chi connectivity index (χ1n) is 5.98. The van der Waals surface area contributed by atoms with E-state index >= 15 is 0 Å². The Kier molecular flexibility index (Phi) is 2.52. The Balaban J connectivity index is 1.82. The summed E-state index contributed by atoms with van der Waals surface area (Å²) in [5.74, 6) is 1.39. The van der Waals surface area contributed by atoms with Gasteiger partial charge in [0.15, 0.2) is 0 Å². The Morgan fingerprint density at radius 3 is 2.59 bits per heavy atom. The fourth-order valence-electron chi connectivity index (χ4n) is 1.98. The molecular weight excluding hydrogens is 210 g/mol. The summed E-state index contributed by atoms with van der Waals surface area (Å²) in [5, 5.41) is 3.21. The summed E-state index contributed by atoms with van der Waals surface area (Å²) in [4.78, 5) is 8.88. The minimum atomic E-state index is 0.679. The summed E-state index contributed by atoms with van der Waals surface area (Å²) in [5.41, 5.74) is 3.43. The van der Waals surface area contributed by atoms with Gasteiger partial charge in [-0.25, -0.2) is 9.97 Å². The second-order valence-corrected chi connectivity index (χ2v) is 4.50. The van der Waals surface area contributed by atoms with Gasteiger partial charge >= 0.3 is 0 Å². The molecule has 2 aromatic rings. The Hall–Kier alpha value is -1.90. The predicted octanol–water partition coefficient (Wildman–Crippen LogP) is 3.41. The molecule has 0 bridgehead atoms. The molecule has 1 aliphatic rings. The molecule has 3 nitrogen and oxygen atoms in total. The fraction of sp³-hybridized carbons (Fsp3) is 0.286. The summed E-state index contributed by atoms with van der Waals surface area (Å²) in [6, 6.07) is 10.00. The highest BCUT2D eigenvalue weighted by atomic mass is 15.1. The summed E-state index contributed by atoms with van der Waals surface area (Å²) < 4.78 is 0. The lowest BCUT2D eigenvalue weighted by molar-refractivity contribution is 0.992. The molecule has 1 aliphatic carbocycles. The number of rotatable bonds is 3. The topological polar surface area (TPSA) is 37.8 Å². The molecule has 1 fully saturated rings. The van der Waals surface area contributed by atoms with Crippen LogP contribution in [0.5, 0.6) is 0 Å². The van der Waals surface area contributed by atoms with E-state index in [0.29, 0.717) is 11.9 Å². The summed E-state index contributed by atoms with van der Waals surface area (Å²) in [6.07, 6.45) is 4.54. The van der Waals surface area contributed by atoms with Crippen LogP contribution in [-0.2, 0) is 0 Å². The zero-order chi connectivity index (χ0) is 11.7.